The smallest absolute Gasteiger partial charge is 0.335 e. The van der Waals surface area contributed by atoms with Crippen LogP contribution in [0.5, 0.6) is 0 Å². The van der Waals surface area contributed by atoms with Gasteiger partial charge in [-0.15, -0.1) is 0 Å². The van der Waals surface area contributed by atoms with Gasteiger partial charge in [-0.3, -0.25) is 0 Å². The molecule has 0 spiro atoms. The van der Waals surface area contributed by atoms with Crippen LogP contribution < -0.4 is 0 Å². The number of rotatable bonds is 18. The molecule has 2 saturated carbocycles. The molecule has 2 aliphatic carbocycles. The maximum Gasteiger partial charge on any atom is 0.335 e. The highest BCUT2D eigenvalue weighted by Gasteiger charge is 2.34. The van der Waals surface area contributed by atoms with Crippen LogP contribution in [0.1, 0.15) is 122 Å². The largest absolute Gasteiger partial charge is 0.462 e. The molecule has 0 aromatic carbocycles. The lowest BCUT2D eigenvalue weighted by molar-refractivity contribution is -0.162. The molecular formula is C38H62O8. The summed E-state index contributed by atoms with van der Waals surface area (Å²) in [5, 5.41) is 0. The van der Waals surface area contributed by atoms with Gasteiger partial charge in [-0.05, 0) is 101 Å². The summed E-state index contributed by atoms with van der Waals surface area (Å²) in [6, 6.07) is 0. The molecule has 2 atom stereocenters. The van der Waals surface area contributed by atoms with Gasteiger partial charge in [-0.25, -0.2) is 9.59 Å². The van der Waals surface area contributed by atoms with Crippen LogP contribution in [-0.2, 0) is 38.0 Å². The van der Waals surface area contributed by atoms with Crippen molar-refractivity contribution in [3.8, 4) is 0 Å². The van der Waals surface area contributed by atoms with Crippen LogP contribution in [-0.4, -0.2) is 64.2 Å². The summed E-state index contributed by atoms with van der Waals surface area (Å²) in [7, 11) is 0. The average molecular weight is 647 g/mol. The van der Waals surface area contributed by atoms with Crippen LogP contribution in [0.4, 0.5) is 0 Å². The van der Waals surface area contributed by atoms with Gasteiger partial charge in [-0.1, -0.05) is 58.6 Å². The third-order valence-corrected chi connectivity index (χ3v) is 10.9. The quantitative estimate of drug-likeness (QED) is 0.0839. The van der Waals surface area contributed by atoms with Crippen molar-refractivity contribution in [1.82, 2.24) is 0 Å². The van der Waals surface area contributed by atoms with Crippen molar-refractivity contribution in [2.45, 2.75) is 135 Å². The van der Waals surface area contributed by atoms with Crippen LogP contribution in [0.3, 0.4) is 0 Å². The van der Waals surface area contributed by atoms with E-state index in [-0.39, 0.29) is 56.1 Å². The van der Waals surface area contributed by atoms with Crippen molar-refractivity contribution in [3.63, 3.8) is 0 Å². The summed E-state index contributed by atoms with van der Waals surface area (Å²) < 4.78 is 34.2. The van der Waals surface area contributed by atoms with Crippen LogP contribution in [0.2, 0.25) is 0 Å². The fraction of sp³-hybridized carbons (Fsp3) is 0.842. The summed E-state index contributed by atoms with van der Waals surface area (Å²) in [6.45, 7) is 12.0. The number of carbonyl (C=O) groups excluding carboxylic acids is 2. The Morgan fingerprint density at radius 3 is 1.63 bits per heavy atom. The zero-order valence-electron chi connectivity index (χ0n) is 28.7. The standard InChI is InChI=1S/C38H62O8/c1-4-5-6-11-30-14-16-31(17-15-30)32-18-20-33(21-19-32)34(26-45-37(39)28(2)24-43-35-12-7-9-22-41-35)27-46-38(40)29(3)25-44-36-13-8-10-23-42-36/h30-36H,2-27H2,1H3. The molecule has 2 heterocycles. The minimum absolute atomic E-state index is 0.0830. The average Bonchev–Trinajstić information content (AvgIpc) is 3.10. The Labute approximate surface area is 278 Å². The van der Waals surface area contributed by atoms with Crippen LogP contribution >= 0.6 is 0 Å². The molecule has 0 aromatic heterocycles. The first-order valence-corrected chi connectivity index (χ1v) is 18.6. The van der Waals surface area contributed by atoms with E-state index in [9.17, 15) is 9.59 Å². The molecule has 2 unspecified atom stereocenters. The highest BCUT2D eigenvalue weighted by atomic mass is 16.7. The van der Waals surface area contributed by atoms with Gasteiger partial charge in [0, 0.05) is 19.1 Å². The number of hydrogen-bond acceptors (Lipinski definition) is 8. The first-order valence-electron chi connectivity index (χ1n) is 18.6. The molecule has 2 aliphatic heterocycles. The van der Waals surface area contributed by atoms with Crippen molar-refractivity contribution in [1.29, 1.82) is 0 Å². The monoisotopic (exact) mass is 646 g/mol. The van der Waals surface area contributed by atoms with E-state index in [0.29, 0.717) is 19.1 Å². The highest BCUT2D eigenvalue weighted by Crippen LogP contribution is 2.44. The highest BCUT2D eigenvalue weighted by molar-refractivity contribution is 5.88. The molecule has 0 aromatic rings. The zero-order chi connectivity index (χ0) is 32.6. The molecule has 8 nitrogen and oxygen atoms in total. The van der Waals surface area contributed by atoms with Crippen molar-refractivity contribution >= 4 is 11.9 Å². The molecule has 4 rings (SSSR count). The number of esters is 2. The van der Waals surface area contributed by atoms with Gasteiger partial charge in [-0.2, -0.15) is 0 Å². The van der Waals surface area contributed by atoms with E-state index in [1.54, 1.807) is 0 Å². The fourth-order valence-corrected chi connectivity index (χ4v) is 7.80. The molecular weight excluding hydrogens is 584 g/mol. The van der Waals surface area contributed by atoms with Crippen molar-refractivity contribution < 1.29 is 38.0 Å². The van der Waals surface area contributed by atoms with E-state index < -0.39 is 11.9 Å². The maximum absolute atomic E-state index is 12.9. The Hall–Kier alpha value is -1.74. The number of hydrogen-bond donors (Lipinski definition) is 0. The summed E-state index contributed by atoms with van der Waals surface area (Å²) in [5.74, 6) is 1.83. The molecule has 0 radical (unpaired) electrons. The molecule has 2 saturated heterocycles. The zero-order valence-corrected chi connectivity index (χ0v) is 28.7. The second-order valence-electron chi connectivity index (χ2n) is 14.3. The van der Waals surface area contributed by atoms with E-state index >= 15 is 0 Å². The summed E-state index contributed by atoms with van der Waals surface area (Å²) >= 11 is 0. The second-order valence-corrected chi connectivity index (χ2v) is 14.3. The minimum Gasteiger partial charge on any atom is -0.462 e. The van der Waals surface area contributed by atoms with Gasteiger partial charge in [0.1, 0.15) is 0 Å². The number of carbonyl (C=O) groups is 2. The van der Waals surface area contributed by atoms with Crippen LogP contribution in [0.25, 0.3) is 0 Å². The lowest BCUT2D eigenvalue weighted by Gasteiger charge is -2.39. The molecule has 8 heteroatoms. The van der Waals surface area contributed by atoms with Crippen molar-refractivity contribution in [2.24, 2.45) is 29.6 Å². The van der Waals surface area contributed by atoms with Gasteiger partial charge in [0.2, 0.25) is 0 Å². The Kier molecular flexibility index (Phi) is 16.6. The Morgan fingerprint density at radius 1 is 0.674 bits per heavy atom. The van der Waals surface area contributed by atoms with Gasteiger partial charge < -0.3 is 28.4 Å². The topological polar surface area (TPSA) is 89.5 Å². The van der Waals surface area contributed by atoms with Gasteiger partial charge >= 0.3 is 11.9 Å². The van der Waals surface area contributed by atoms with Gasteiger partial charge in [0.25, 0.3) is 0 Å². The van der Waals surface area contributed by atoms with E-state index in [2.05, 4.69) is 20.1 Å². The normalized spacial score (nSPS) is 29.4. The van der Waals surface area contributed by atoms with Crippen LogP contribution in [0, 0.1) is 29.6 Å². The third kappa shape index (κ3) is 12.7. The lowest BCUT2D eigenvalue weighted by atomic mass is 9.67. The first-order chi connectivity index (χ1) is 22.4. The third-order valence-electron chi connectivity index (χ3n) is 10.9. The van der Waals surface area contributed by atoms with Gasteiger partial charge in [0.05, 0.1) is 37.6 Å². The predicted octanol–water partition coefficient (Wildman–Crippen LogP) is 8.08. The summed E-state index contributed by atoms with van der Waals surface area (Å²) in [5.41, 5.74) is 0.545. The van der Waals surface area contributed by atoms with Crippen molar-refractivity contribution in [3.05, 3.63) is 24.3 Å². The van der Waals surface area contributed by atoms with E-state index in [1.807, 2.05) is 0 Å². The number of ether oxygens (including phenoxy) is 6. The van der Waals surface area contributed by atoms with Crippen LogP contribution in [0.15, 0.2) is 24.3 Å². The molecule has 0 N–H and O–H groups in total. The Balaban J connectivity index is 1.24. The maximum atomic E-state index is 12.9. The second kappa shape index (κ2) is 20.6. The van der Waals surface area contributed by atoms with Crippen molar-refractivity contribution in [2.75, 3.05) is 39.6 Å². The first kappa shape index (κ1) is 37.1. The molecule has 46 heavy (non-hydrogen) atoms. The number of unbranched alkanes of at least 4 members (excludes halogenated alkanes) is 2. The molecule has 4 fully saturated rings. The Morgan fingerprint density at radius 2 is 1.17 bits per heavy atom. The Bertz CT molecular complexity index is 871. The predicted molar refractivity (Wildman–Crippen MR) is 178 cm³/mol. The van der Waals surface area contributed by atoms with E-state index in [4.69, 9.17) is 28.4 Å². The SMILES string of the molecule is C=C(COC1CCCCO1)C(=O)OCC(COC(=O)C(=C)COC1CCCCO1)C1CCC(C2CCC(CCCCC)CC2)CC1. The van der Waals surface area contributed by atoms with E-state index in [1.165, 1.54) is 64.2 Å². The summed E-state index contributed by atoms with van der Waals surface area (Å²) in [6.07, 6.45) is 20.7. The molecule has 0 amide bonds. The minimum atomic E-state index is -0.471. The summed E-state index contributed by atoms with van der Waals surface area (Å²) in [4.78, 5) is 25.7. The molecule has 4 aliphatic rings. The lowest BCUT2D eigenvalue weighted by Crippen LogP contribution is -2.33. The van der Waals surface area contributed by atoms with Gasteiger partial charge in [0.15, 0.2) is 12.6 Å². The fourth-order valence-electron chi connectivity index (χ4n) is 7.80. The molecule has 262 valence electrons. The molecule has 0 bridgehead atoms. The van der Waals surface area contributed by atoms with E-state index in [0.717, 1.165) is 69.1 Å².